The molecule has 104 valence electrons. The van der Waals surface area contributed by atoms with Crippen molar-refractivity contribution < 1.29 is 0 Å². The Bertz CT molecular complexity index is 529. The first-order valence-electron chi connectivity index (χ1n) is 7.05. The van der Waals surface area contributed by atoms with Crippen LogP contribution in [0.15, 0.2) is 60.7 Å². The van der Waals surface area contributed by atoms with Crippen molar-refractivity contribution in [1.82, 2.24) is 4.90 Å². The highest BCUT2D eigenvalue weighted by atomic mass is 35.5. The van der Waals surface area contributed by atoms with Gasteiger partial charge in [-0.2, -0.15) is 0 Å². The molecule has 20 heavy (non-hydrogen) atoms. The zero-order valence-corrected chi connectivity index (χ0v) is 12.2. The lowest BCUT2D eigenvalue weighted by molar-refractivity contribution is 0.222. The summed E-state index contributed by atoms with van der Waals surface area (Å²) in [4.78, 5) is 4.70. The molecule has 2 aromatic carbocycles. The van der Waals surface area contributed by atoms with E-state index in [0.717, 1.165) is 26.2 Å². The van der Waals surface area contributed by atoms with Crippen molar-refractivity contribution in [2.45, 2.75) is 12.0 Å². The van der Waals surface area contributed by atoms with E-state index in [0.29, 0.717) is 0 Å². The number of hydrogen-bond acceptors (Lipinski definition) is 2. The highest BCUT2D eigenvalue weighted by molar-refractivity contribution is 6.20. The molecular formula is C17H19ClN2. The number of nitrogens with zero attached hydrogens (tertiary/aromatic N) is 2. The van der Waals surface area contributed by atoms with Gasteiger partial charge in [-0.3, -0.25) is 4.90 Å². The summed E-state index contributed by atoms with van der Waals surface area (Å²) in [6, 6.07) is 21.0. The van der Waals surface area contributed by atoms with Crippen LogP contribution in [0.25, 0.3) is 0 Å². The van der Waals surface area contributed by atoms with Crippen molar-refractivity contribution in [3.05, 3.63) is 66.2 Å². The van der Waals surface area contributed by atoms with E-state index in [1.165, 1.54) is 11.3 Å². The van der Waals surface area contributed by atoms with Crippen LogP contribution in [0.1, 0.15) is 5.56 Å². The van der Waals surface area contributed by atoms with Gasteiger partial charge in [0, 0.05) is 31.9 Å². The van der Waals surface area contributed by atoms with Crippen LogP contribution in [-0.2, 0) is 6.54 Å². The van der Waals surface area contributed by atoms with Crippen molar-refractivity contribution in [2.24, 2.45) is 0 Å². The number of halogens is 1. The molecule has 2 aromatic rings. The number of anilines is 1. The normalized spacial score (nSPS) is 20.1. The summed E-state index contributed by atoms with van der Waals surface area (Å²) in [6.07, 6.45) is 0. The number of rotatable bonds is 3. The van der Waals surface area contributed by atoms with Gasteiger partial charge in [0.1, 0.15) is 5.50 Å². The molecule has 0 aliphatic carbocycles. The first kappa shape index (κ1) is 13.5. The van der Waals surface area contributed by atoms with E-state index in [9.17, 15) is 0 Å². The quantitative estimate of drug-likeness (QED) is 0.629. The first-order chi connectivity index (χ1) is 9.83. The first-order valence-corrected chi connectivity index (χ1v) is 7.48. The van der Waals surface area contributed by atoms with Gasteiger partial charge < -0.3 is 4.90 Å². The van der Waals surface area contributed by atoms with Crippen LogP contribution in [0.3, 0.4) is 0 Å². The van der Waals surface area contributed by atoms with Gasteiger partial charge in [0.2, 0.25) is 0 Å². The summed E-state index contributed by atoms with van der Waals surface area (Å²) in [5.41, 5.74) is 2.65. The molecule has 1 aliphatic rings. The number of alkyl halides is 1. The smallest absolute Gasteiger partial charge is 0.103 e. The molecule has 0 bridgehead atoms. The van der Waals surface area contributed by atoms with E-state index in [-0.39, 0.29) is 5.50 Å². The summed E-state index contributed by atoms with van der Waals surface area (Å²) in [6.45, 7) is 3.83. The zero-order valence-electron chi connectivity index (χ0n) is 11.5. The monoisotopic (exact) mass is 286 g/mol. The van der Waals surface area contributed by atoms with E-state index in [4.69, 9.17) is 11.6 Å². The Balaban J connectivity index is 1.63. The standard InChI is InChI=1S/C17H19ClN2/c18-17-14-19(16-9-5-2-6-10-16)11-12-20(17)13-15-7-3-1-4-8-15/h1-10,17H,11-14H2. The highest BCUT2D eigenvalue weighted by Crippen LogP contribution is 2.22. The Morgan fingerprint density at radius 2 is 1.55 bits per heavy atom. The van der Waals surface area contributed by atoms with E-state index in [1.807, 2.05) is 6.07 Å². The lowest BCUT2D eigenvalue weighted by atomic mass is 10.2. The number of benzene rings is 2. The molecule has 0 radical (unpaired) electrons. The van der Waals surface area contributed by atoms with Crippen LogP contribution in [-0.4, -0.2) is 30.0 Å². The zero-order chi connectivity index (χ0) is 13.8. The summed E-state index contributed by atoms with van der Waals surface area (Å²) in [5, 5.41) is 0. The molecule has 1 unspecified atom stereocenters. The van der Waals surface area contributed by atoms with Crippen molar-refractivity contribution in [3.8, 4) is 0 Å². The molecule has 3 heteroatoms. The fraction of sp³-hybridized carbons (Fsp3) is 0.294. The molecule has 0 spiro atoms. The average Bonchev–Trinajstić information content (AvgIpc) is 2.51. The number of para-hydroxylation sites is 1. The van der Waals surface area contributed by atoms with Crippen molar-refractivity contribution >= 4 is 17.3 Å². The lowest BCUT2D eigenvalue weighted by Gasteiger charge is -2.39. The van der Waals surface area contributed by atoms with E-state index in [1.54, 1.807) is 0 Å². The molecule has 0 N–H and O–H groups in total. The van der Waals surface area contributed by atoms with Gasteiger partial charge in [-0.05, 0) is 17.7 Å². The topological polar surface area (TPSA) is 6.48 Å². The third kappa shape index (κ3) is 3.14. The maximum absolute atomic E-state index is 6.56. The third-order valence-electron chi connectivity index (χ3n) is 3.77. The largest absolute Gasteiger partial charge is 0.367 e. The molecule has 1 heterocycles. The minimum Gasteiger partial charge on any atom is -0.367 e. The van der Waals surface area contributed by atoms with Gasteiger partial charge in [0.05, 0.1) is 0 Å². The van der Waals surface area contributed by atoms with Crippen LogP contribution in [0.5, 0.6) is 0 Å². The number of hydrogen-bond donors (Lipinski definition) is 0. The molecule has 0 saturated carbocycles. The second kappa shape index (κ2) is 6.29. The minimum atomic E-state index is 0.0594. The molecule has 1 atom stereocenters. The Kier molecular flexibility index (Phi) is 4.24. The van der Waals surface area contributed by atoms with Crippen LogP contribution in [0.4, 0.5) is 5.69 Å². The molecular weight excluding hydrogens is 268 g/mol. The number of piperazine rings is 1. The van der Waals surface area contributed by atoms with Gasteiger partial charge in [0.15, 0.2) is 0 Å². The van der Waals surface area contributed by atoms with E-state index >= 15 is 0 Å². The van der Waals surface area contributed by atoms with Crippen LogP contribution in [0.2, 0.25) is 0 Å². The van der Waals surface area contributed by atoms with Gasteiger partial charge >= 0.3 is 0 Å². The second-order valence-electron chi connectivity index (χ2n) is 5.17. The molecule has 1 saturated heterocycles. The van der Waals surface area contributed by atoms with Gasteiger partial charge in [0.25, 0.3) is 0 Å². The summed E-state index contributed by atoms with van der Waals surface area (Å²) in [7, 11) is 0. The van der Waals surface area contributed by atoms with Crippen LogP contribution >= 0.6 is 11.6 Å². The molecule has 0 aromatic heterocycles. The molecule has 2 nitrogen and oxygen atoms in total. The molecule has 3 rings (SSSR count). The Hall–Kier alpha value is -1.51. The average molecular weight is 287 g/mol. The molecule has 1 fully saturated rings. The SMILES string of the molecule is ClC1CN(c2ccccc2)CCN1Cc1ccccc1. The van der Waals surface area contributed by atoms with Crippen molar-refractivity contribution in [3.63, 3.8) is 0 Å². The van der Waals surface area contributed by atoms with Crippen LogP contribution < -0.4 is 4.90 Å². The molecule has 1 aliphatic heterocycles. The lowest BCUT2D eigenvalue weighted by Crippen LogP contribution is -2.50. The van der Waals surface area contributed by atoms with Gasteiger partial charge in [-0.25, -0.2) is 0 Å². The minimum absolute atomic E-state index is 0.0594. The predicted molar refractivity (Wildman–Crippen MR) is 85.1 cm³/mol. The van der Waals surface area contributed by atoms with Crippen LogP contribution in [0, 0.1) is 0 Å². The second-order valence-corrected chi connectivity index (χ2v) is 5.68. The Morgan fingerprint density at radius 1 is 0.900 bits per heavy atom. The van der Waals surface area contributed by atoms with Crippen molar-refractivity contribution in [2.75, 3.05) is 24.5 Å². The predicted octanol–water partition coefficient (Wildman–Crippen LogP) is 3.57. The summed E-state index contributed by atoms with van der Waals surface area (Å²) < 4.78 is 0. The maximum atomic E-state index is 6.56. The Morgan fingerprint density at radius 3 is 2.20 bits per heavy atom. The molecule has 0 amide bonds. The van der Waals surface area contributed by atoms with E-state index < -0.39 is 0 Å². The highest BCUT2D eigenvalue weighted by Gasteiger charge is 2.25. The fourth-order valence-electron chi connectivity index (χ4n) is 2.65. The van der Waals surface area contributed by atoms with E-state index in [2.05, 4.69) is 64.4 Å². The third-order valence-corrected chi connectivity index (χ3v) is 4.19. The van der Waals surface area contributed by atoms with Gasteiger partial charge in [-0.1, -0.05) is 48.5 Å². The Labute approximate surface area is 125 Å². The fourth-order valence-corrected chi connectivity index (χ4v) is 2.98. The van der Waals surface area contributed by atoms with Gasteiger partial charge in [-0.15, -0.1) is 11.6 Å². The maximum Gasteiger partial charge on any atom is 0.103 e. The summed E-state index contributed by atoms with van der Waals surface area (Å²) >= 11 is 6.56. The van der Waals surface area contributed by atoms with Crippen molar-refractivity contribution in [1.29, 1.82) is 0 Å². The summed E-state index contributed by atoms with van der Waals surface area (Å²) in [5.74, 6) is 0.